The van der Waals surface area contributed by atoms with Gasteiger partial charge >= 0.3 is 5.97 Å². The second-order valence-electron chi connectivity index (χ2n) is 5.67. The van der Waals surface area contributed by atoms with Gasteiger partial charge in [0.05, 0.1) is 17.3 Å². The average molecular weight is 320 g/mol. The van der Waals surface area contributed by atoms with Crippen LogP contribution in [0.1, 0.15) is 23.7 Å². The van der Waals surface area contributed by atoms with Crippen molar-refractivity contribution in [1.29, 1.82) is 0 Å². The predicted octanol–water partition coefficient (Wildman–Crippen LogP) is 1.43. The summed E-state index contributed by atoms with van der Waals surface area (Å²) in [4.78, 5) is 25.2. The molecule has 0 spiro atoms. The molecule has 1 atom stereocenters. The second kappa shape index (κ2) is 5.66. The van der Waals surface area contributed by atoms with E-state index in [4.69, 9.17) is 5.11 Å². The number of carboxylic acids is 1. The standard InChI is InChI=1S/C16H17FN2O4/c1-2-18-8-11(16(22)23)15(21)10-5-12(17)14(6-13(10)18)19-4-3-9(20)7-19/h5-6,8-9,20H,2-4,7H2,1H3,(H,22,23). The number of pyridine rings is 1. The first kappa shape index (κ1) is 15.5. The summed E-state index contributed by atoms with van der Waals surface area (Å²) in [6.45, 7) is 3.14. The first-order valence-corrected chi connectivity index (χ1v) is 7.45. The van der Waals surface area contributed by atoms with E-state index >= 15 is 0 Å². The molecular weight excluding hydrogens is 303 g/mol. The Labute approximate surface area is 131 Å². The molecule has 2 N–H and O–H groups in total. The van der Waals surface area contributed by atoms with Gasteiger partial charge in [-0.15, -0.1) is 0 Å². The molecule has 0 amide bonds. The highest BCUT2D eigenvalue weighted by Gasteiger charge is 2.24. The van der Waals surface area contributed by atoms with Gasteiger partial charge in [-0.3, -0.25) is 4.79 Å². The van der Waals surface area contributed by atoms with Crippen LogP contribution in [0.25, 0.3) is 10.9 Å². The van der Waals surface area contributed by atoms with Gasteiger partial charge in [-0.05, 0) is 25.5 Å². The summed E-state index contributed by atoms with van der Waals surface area (Å²) < 4.78 is 16.0. The zero-order chi connectivity index (χ0) is 16.7. The molecule has 2 aromatic rings. The van der Waals surface area contributed by atoms with Gasteiger partial charge < -0.3 is 19.7 Å². The highest BCUT2D eigenvalue weighted by Crippen LogP contribution is 2.28. The topological polar surface area (TPSA) is 82.8 Å². The van der Waals surface area contributed by atoms with Crippen LogP contribution in [0, 0.1) is 5.82 Å². The fraction of sp³-hybridized carbons (Fsp3) is 0.375. The minimum Gasteiger partial charge on any atom is -0.477 e. The third kappa shape index (κ3) is 2.57. The number of aromatic nitrogens is 1. The zero-order valence-electron chi connectivity index (χ0n) is 12.6. The van der Waals surface area contributed by atoms with Crippen LogP contribution in [0.4, 0.5) is 10.1 Å². The fourth-order valence-electron chi connectivity index (χ4n) is 3.02. The minimum atomic E-state index is -1.33. The van der Waals surface area contributed by atoms with Crippen molar-refractivity contribution in [2.75, 3.05) is 18.0 Å². The van der Waals surface area contributed by atoms with Crippen molar-refractivity contribution in [3.63, 3.8) is 0 Å². The second-order valence-corrected chi connectivity index (χ2v) is 5.67. The molecule has 1 aromatic carbocycles. The number of carbonyl (C=O) groups is 1. The van der Waals surface area contributed by atoms with Gasteiger partial charge in [0.15, 0.2) is 0 Å². The van der Waals surface area contributed by atoms with Crippen molar-refractivity contribution in [2.45, 2.75) is 26.0 Å². The number of carboxylic acid groups (broad SMARTS) is 1. The molecule has 2 heterocycles. The summed E-state index contributed by atoms with van der Waals surface area (Å²) in [6, 6.07) is 2.65. The number of aromatic carboxylic acids is 1. The number of anilines is 1. The van der Waals surface area contributed by atoms with Crippen LogP contribution in [0.15, 0.2) is 23.1 Å². The Balaban J connectivity index is 2.25. The summed E-state index contributed by atoms with van der Waals surface area (Å²) in [5.74, 6) is -1.92. The molecule has 0 radical (unpaired) electrons. The minimum absolute atomic E-state index is 0.0488. The number of nitrogens with zero attached hydrogens (tertiary/aromatic N) is 2. The van der Waals surface area contributed by atoms with Crippen LogP contribution in [-0.2, 0) is 6.54 Å². The van der Waals surface area contributed by atoms with Gasteiger partial charge in [0.2, 0.25) is 5.43 Å². The van der Waals surface area contributed by atoms with Crippen molar-refractivity contribution in [2.24, 2.45) is 0 Å². The van der Waals surface area contributed by atoms with Gasteiger partial charge in [-0.2, -0.15) is 0 Å². The Morgan fingerprint density at radius 2 is 2.17 bits per heavy atom. The molecular formula is C16H17FN2O4. The van der Waals surface area contributed by atoms with Gasteiger partial charge in [-0.1, -0.05) is 0 Å². The van der Waals surface area contributed by atoms with Gasteiger partial charge in [0.1, 0.15) is 11.4 Å². The first-order chi connectivity index (χ1) is 10.9. The number of β-amino-alcohol motifs (C(OH)–C–C–N with tert-alkyl or cyclic N) is 1. The quantitative estimate of drug-likeness (QED) is 0.894. The van der Waals surface area contributed by atoms with E-state index in [-0.39, 0.29) is 10.9 Å². The molecule has 1 saturated heterocycles. The van der Waals surface area contributed by atoms with E-state index in [1.165, 1.54) is 6.20 Å². The van der Waals surface area contributed by atoms with Crippen molar-refractivity contribution in [3.8, 4) is 0 Å². The van der Waals surface area contributed by atoms with E-state index in [1.54, 1.807) is 15.5 Å². The van der Waals surface area contributed by atoms with Crippen LogP contribution in [0.3, 0.4) is 0 Å². The van der Waals surface area contributed by atoms with Crippen LogP contribution in [0.2, 0.25) is 0 Å². The molecule has 23 heavy (non-hydrogen) atoms. The molecule has 122 valence electrons. The summed E-state index contributed by atoms with van der Waals surface area (Å²) >= 11 is 0. The van der Waals surface area contributed by atoms with Crippen LogP contribution < -0.4 is 10.3 Å². The zero-order valence-corrected chi connectivity index (χ0v) is 12.6. The monoisotopic (exact) mass is 320 g/mol. The maximum Gasteiger partial charge on any atom is 0.341 e. The van der Waals surface area contributed by atoms with Crippen LogP contribution in [0.5, 0.6) is 0 Å². The van der Waals surface area contributed by atoms with E-state index < -0.39 is 23.3 Å². The third-order valence-corrected chi connectivity index (χ3v) is 4.22. The molecule has 3 rings (SSSR count). The Morgan fingerprint density at radius 3 is 2.74 bits per heavy atom. The lowest BCUT2D eigenvalue weighted by atomic mass is 10.1. The van der Waals surface area contributed by atoms with E-state index in [2.05, 4.69) is 0 Å². The van der Waals surface area contributed by atoms with Crippen molar-refractivity contribution in [3.05, 3.63) is 39.9 Å². The molecule has 1 aromatic heterocycles. The molecule has 1 fully saturated rings. The lowest BCUT2D eigenvalue weighted by Gasteiger charge is -2.20. The van der Waals surface area contributed by atoms with Gasteiger partial charge in [0.25, 0.3) is 0 Å². The van der Waals surface area contributed by atoms with Crippen molar-refractivity contribution in [1.82, 2.24) is 4.57 Å². The molecule has 0 saturated carbocycles. The number of halogens is 1. The number of aliphatic hydroxyl groups excluding tert-OH is 1. The van der Waals surface area contributed by atoms with Crippen LogP contribution >= 0.6 is 0 Å². The van der Waals surface area contributed by atoms with E-state index in [0.29, 0.717) is 37.3 Å². The summed E-state index contributed by atoms with van der Waals surface area (Å²) in [5.41, 5.74) is -0.258. The average Bonchev–Trinajstić information content (AvgIpc) is 2.93. The van der Waals surface area contributed by atoms with E-state index in [1.807, 2.05) is 6.92 Å². The summed E-state index contributed by atoms with van der Waals surface area (Å²) in [5, 5.41) is 18.8. The molecule has 0 bridgehead atoms. The normalized spacial score (nSPS) is 17.9. The number of rotatable bonds is 3. The van der Waals surface area contributed by atoms with Crippen molar-refractivity contribution >= 4 is 22.6 Å². The fourth-order valence-corrected chi connectivity index (χ4v) is 3.02. The Morgan fingerprint density at radius 1 is 1.43 bits per heavy atom. The smallest absolute Gasteiger partial charge is 0.341 e. The number of hydrogen-bond donors (Lipinski definition) is 2. The van der Waals surface area contributed by atoms with Crippen molar-refractivity contribution < 1.29 is 19.4 Å². The highest BCUT2D eigenvalue weighted by atomic mass is 19.1. The molecule has 1 unspecified atom stereocenters. The van der Waals surface area contributed by atoms with E-state index in [0.717, 1.165) is 6.07 Å². The largest absolute Gasteiger partial charge is 0.477 e. The van der Waals surface area contributed by atoms with E-state index in [9.17, 15) is 19.1 Å². The molecule has 0 aliphatic carbocycles. The third-order valence-electron chi connectivity index (χ3n) is 4.22. The number of benzene rings is 1. The van der Waals surface area contributed by atoms with Gasteiger partial charge in [0, 0.05) is 31.2 Å². The lowest BCUT2D eigenvalue weighted by Crippen LogP contribution is -2.23. The number of aryl methyl sites for hydroxylation is 1. The predicted molar refractivity (Wildman–Crippen MR) is 83.6 cm³/mol. The molecule has 7 heteroatoms. The summed E-state index contributed by atoms with van der Waals surface area (Å²) in [6.07, 6.45) is 1.36. The van der Waals surface area contributed by atoms with Crippen LogP contribution in [-0.4, -0.2) is 39.9 Å². The highest BCUT2D eigenvalue weighted by molar-refractivity contribution is 5.93. The SMILES string of the molecule is CCn1cc(C(=O)O)c(=O)c2cc(F)c(N3CCC(O)C3)cc21. The maximum atomic E-state index is 14.4. The Bertz CT molecular complexity index is 846. The maximum absolute atomic E-state index is 14.4. The molecule has 1 aliphatic heterocycles. The Kier molecular flexibility index (Phi) is 3.81. The molecule has 6 nitrogen and oxygen atoms in total. The molecule has 1 aliphatic rings. The van der Waals surface area contributed by atoms with Gasteiger partial charge in [-0.25, -0.2) is 9.18 Å². The summed E-state index contributed by atoms with van der Waals surface area (Å²) in [7, 11) is 0. The lowest BCUT2D eigenvalue weighted by molar-refractivity contribution is 0.0695. The first-order valence-electron chi connectivity index (χ1n) is 7.45. The number of fused-ring (bicyclic) bond motifs is 1. The number of aliphatic hydroxyl groups is 1. The Hall–Kier alpha value is -2.41. The number of hydrogen-bond acceptors (Lipinski definition) is 4.